The Morgan fingerprint density at radius 2 is 2.18 bits per heavy atom. The standard InChI is InChI=1S/C14H24N2S/c1-9-4-5-12(6-10(9)2)13(15)7-14-16-11(3)8-17-14/h8-10,12-13H,4-7,15H2,1-3H3. The van der Waals surface area contributed by atoms with Crippen LogP contribution < -0.4 is 5.73 Å². The molecular weight excluding hydrogens is 228 g/mol. The molecule has 96 valence electrons. The number of aryl methyl sites for hydroxylation is 1. The Morgan fingerprint density at radius 3 is 2.76 bits per heavy atom. The van der Waals surface area contributed by atoms with Gasteiger partial charge in [0.15, 0.2) is 0 Å². The zero-order chi connectivity index (χ0) is 12.4. The number of rotatable bonds is 3. The van der Waals surface area contributed by atoms with E-state index in [4.69, 9.17) is 5.73 Å². The van der Waals surface area contributed by atoms with Gasteiger partial charge in [0.05, 0.1) is 5.01 Å². The van der Waals surface area contributed by atoms with Crippen LogP contribution in [-0.2, 0) is 6.42 Å². The van der Waals surface area contributed by atoms with Gasteiger partial charge >= 0.3 is 0 Å². The third-order valence-corrected chi connectivity index (χ3v) is 5.31. The zero-order valence-electron chi connectivity index (χ0n) is 11.1. The number of hydrogen-bond acceptors (Lipinski definition) is 3. The van der Waals surface area contributed by atoms with Crippen molar-refractivity contribution in [1.29, 1.82) is 0 Å². The van der Waals surface area contributed by atoms with E-state index < -0.39 is 0 Å². The summed E-state index contributed by atoms with van der Waals surface area (Å²) in [4.78, 5) is 4.52. The third kappa shape index (κ3) is 3.29. The van der Waals surface area contributed by atoms with Gasteiger partial charge in [0, 0.05) is 23.5 Å². The molecule has 1 aromatic rings. The maximum absolute atomic E-state index is 6.36. The van der Waals surface area contributed by atoms with E-state index in [0.717, 1.165) is 24.0 Å². The highest BCUT2D eigenvalue weighted by Gasteiger charge is 2.28. The lowest BCUT2D eigenvalue weighted by molar-refractivity contribution is 0.185. The maximum Gasteiger partial charge on any atom is 0.0943 e. The molecule has 0 spiro atoms. The molecular formula is C14H24N2S. The van der Waals surface area contributed by atoms with Crippen molar-refractivity contribution in [1.82, 2.24) is 4.98 Å². The molecule has 0 saturated heterocycles. The van der Waals surface area contributed by atoms with Crippen LogP contribution in [0.15, 0.2) is 5.38 Å². The number of nitrogens with two attached hydrogens (primary N) is 1. The quantitative estimate of drug-likeness (QED) is 0.895. The van der Waals surface area contributed by atoms with Crippen molar-refractivity contribution < 1.29 is 0 Å². The molecule has 0 radical (unpaired) electrons. The smallest absolute Gasteiger partial charge is 0.0943 e. The molecule has 0 amide bonds. The van der Waals surface area contributed by atoms with Crippen molar-refractivity contribution in [2.75, 3.05) is 0 Å². The lowest BCUT2D eigenvalue weighted by atomic mass is 9.73. The SMILES string of the molecule is Cc1csc(CC(N)C2CCC(C)C(C)C2)n1. The van der Waals surface area contributed by atoms with E-state index in [1.165, 1.54) is 24.3 Å². The van der Waals surface area contributed by atoms with Crippen molar-refractivity contribution in [3.8, 4) is 0 Å². The van der Waals surface area contributed by atoms with Crippen LogP contribution in [0.4, 0.5) is 0 Å². The molecule has 2 N–H and O–H groups in total. The minimum Gasteiger partial charge on any atom is -0.327 e. The number of hydrogen-bond donors (Lipinski definition) is 1. The first kappa shape index (κ1) is 13.0. The minimum atomic E-state index is 0.301. The van der Waals surface area contributed by atoms with Crippen molar-refractivity contribution >= 4 is 11.3 Å². The molecule has 17 heavy (non-hydrogen) atoms. The Bertz CT molecular complexity index is 361. The van der Waals surface area contributed by atoms with E-state index in [0.29, 0.717) is 12.0 Å². The summed E-state index contributed by atoms with van der Waals surface area (Å²) in [6, 6.07) is 0.301. The van der Waals surface area contributed by atoms with E-state index in [9.17, 15) is 0 Å². The van der Waals surface area contributed by atoms with Gasteiger partial charge in [0.2, 0.25) is 0 Å². The predicted molar refractivity (Wildman–Crippen MR) is 74.2 cm³/mol. The average Bonchev–Trinajstić information content (AvgIpc) is 2.68. The molecule has 2 nitrogen and oxygen atoms in total. The largest absolute Gasteiger partial charge is 0.327 e. The Morgan fingerprint density at radius 1 is 1.41 bits per heavy atom. The van der Waals surface area contributed by atoms with Crippen LogP contribution in [0.2, 0.25) is 0 Å². The van der Waals surface area contributed by atoms with Crippen molar-refractivity contribution in [2.45, 2.75) is 52.5 Å². The summed E-state index contributed by atoms with van der Waals surface area (Å²) in [5.74, 6) is 2.41. The second-order valence-electron chi connectivity index (χ2n) is 5.78. The summed E-state index contributed by atoms with van der Waals surface area (Å²) in [5.41, 5.74) is 7.49. The van der Waals surface area contributed by atoms with E-state index in [1.54, 1.807) is 11.3 Å². The Kier molecular flexibility index (Phi) is 4.21. The molecule has 1 aliphatic carbocycles. The zero-order valence-corrected chi connectivity index (χ0v) is 12.0. The van der Waals surface area contributed by atoms with Crippen LogP contribution in [0.25, 0.3) is 0 Å². The molecule has 1 aliphatic rings. The van der Waals surface area contributed by atoms with Gasteiger partial charge in [-0.1, -0.05) is 20.3 Å². The fraction of sp³-hybridized carbons (Fsp3) is 0.786. The van der Waals surface area contributed by atoms with Gasteiger partial charge < -0.3 is 5.73 Å². The first-order valence-electron chi connectivity index (χ1n) is 6.73. The second-order valence-corrected chi connectivity index (χ2v) is 6.72. The first-order valence-corrected chi connectivity index (χ1v) is 7.60. The average molecular weight is 252 g/mol. The highest BCUT2D eigenvalue weighted by atomic mass is 32.1. The number of nitrogens with zero attached hydrogens (tertiary/aromatic N) is 1. The molecule has 3 heteroatoms. The highest BCUT2D eigenvalue weighted by Crippen LogP contribution is 2.35. The van der Waals surface area contributed by atoms with Gasteiger partial charge in [0.1, 0.15) is 0 Å². The topological polar surface area (TPSA) is 38.9 Å². The number of thiazole rings is 1. The normalized spacial score (nSPS) is 31.4. The second kappa shape index (κ2) is 5.49. The summed E-state index contributed by atoms with van der Waals surface area (Å²) < 4.78 is 0. The van der Waals surface area contributed by atoms with E-state index in [-0.39, 0.29) is 0 Å². The summed E-state index contributed by atoms with van der Waals surface area (Å²) in [6.07, 6.45) is 4.91. The molecule has 4 atom stereocenters. The van der Waals surface area contributed by atoms with Crippen LogP contribution in [0.5, 0.6) is 0 Å². The molecule has 1 heterocycles. The molecule has 0 aliphatic heterocycles. The van der Waals surface area contributed by atoms with Crippen LogP contribution in [0.3, 0.4) is 0 Å². The van der Waals surface area contributed by atoms with Crippen LogP contribution in [0.1, 0.15) is 43.8 Å². The van der Waals surface area contributed by atoms with Crippen LogP contribution in [0, 0.1) is 24.7 Å². The third-order valence-electron chi connectivity index (χ3n) is 4.32. The summed E-state index contributed by atoms with van der Waals surface area (Å²) in [6.45, 7) is 6.80. The monoisotopic (exact) mass is 252 g/mol. The van der Waals surface area contributed by atoms with Crippen molar-refractivity contribution in [3.05, 3.63) is 16.1 Å². The van der Waals surface area contributed by atoms with Crippen molar-refractivity contribution in [3.63, 3.8) is 0 Å². The molecule has 4 unspecified atom stereocenters. The van der Waals surface area contributed by atoms with Crippen LogP contribution in [-0.4, -0.2) is 11.0 Å². The van der Waals surface area contributed by atoms with Gasteiger partial charge in [-0.05, 0) is 37.5 Å². The summed E-state index contributed by atoms with van der Waals surface area (Å²) >= 11 is 1.75. The minimum absolute atomic E-state index is 0.301. The van der Waals surface area contributed by atoms with E-state index in [1.807, 2.05) is 0 Å². The maximum atomic E-state index is 6.36. The van der Waals surface area contributed by atoms with Gasteiger partial charge in [-0.15, -0.1) is 11.3 Å². The Balaban J connectivity index is 1.90. The van der Waals surface area contributed by atoms with Gasteiger partial charge in [-0.3, -0.25) is 0 Å². The van der Waals surface area contributed by atoms with E-state index in [2.05, 4.69) is 31.1 Å². The Hall–Kier alpha value is -0.410. The molecule has 0 aromatic carbocycles. The lowest BCUT2D eigenvalue weighted by Crippen LogP contribution is -2.36. The fourth-order valence-corrected chi connectivity index (χ4v) is 3.69. The van der Waals surface area contributed by atoms with Gasteiger partial charge in [-0.2, -0.15) is 0 Å². The van der Waals surface area contributed by atoms with Crippen molar-refractivity contribution in [2.24, 2.45) is 23.5 Å². The summed E-state index contributed by atoms with van der Waals surface area (Å²) in [7, 11) is 0. The molecule has 2 rings (SSSR count). The predicted octanol–water partition coefficient (Wildman–Crippen LogP) is 3.39. The summed E-state index contributed by atoms with van der Waals surface area (Å²) in [5, 5.41) is 3.33. The lowest BCUT2D eigenvalue weighted by Gasteiger charge is -2.35. The molecule has 1 aromatic heterocycles. The molecule has 1 saturated carbocycles. The highest BCUT2D eigenvalue weighted by molar-refractivity contribution is 7.09. The van der Waals surface area contributed by atoms with Gasteiger partial charge in [-0.25, -0.2) is 4.98 Å². The molecule has 0 bridgehead atoms. The first-order chi connectivity index (χ1) is 8.06. The van der Waals surface area contributed by atoms with Crippen LogP contribution >= 0.6 is 11.3 Å². The molecule has 1 fully saturated rings. The van der Waals surface area contributed by atoms with Gasteiger partial charge in [0.25, 0.3) is 0 Å². The van der Waals surface area contributed by atoms with E-state index >= 15 is 0 Å². The Labute approximate surface area is 109 Å². The number of aromatic nitrogens is 1. The fourth-order valence-electron chi connectivity index (χ4n) is 2.84.